The number of hydrogen-bond acceptors (Lipinski definition) is 5. The van der Waals surface area contributed by atoms with Crippen LogP contribution < -0.4 is 10.1 Å². The second kappa shape index (κ2) is 8.12. The fourth-order valence-corrected chi connectivity index (χ4v) is 4.21. The van der Waals surface area contributed by atoms with Gasteiger partial charge < -0.3 is 25.0 Å². The van der Waals surface area contributed by atoms with Crippen molar-refractivity contribution in [2.24, 2.45) is 0 Å². The lowest BCUT2D eigenvalue weighted by Gasteiger charge is -2.38. The molecule has 32 heavy (non-hydrogen) atoms. The number of aromatic nitrogens is 1. The van der Waals surface area contributed by atoms with Crippen LogP contribution in [0, 0.1) is 5.82 Å². The number of amides is 2. The summed E-state index contributed by atoms with van der Waals surface area (Å²) in [6.45, 7) is 6.34. The molecule has 170 valence electrons. The van der Waals surface area contributed by atoms with Crippen molar-refractivity contribution in [2.75, 3.05) is 31.6 Å². The van der Waals surface area contributed by atoms with E-state index in [1.807, 2.05) is 20.8 Å². The average molecular weight is 463 g/mol. The van der Waals surface area contributed by atoms with Crippen LogP contribution in [0.2, 0.25) is 5.02 Å². The van der Waals surface area contributed by atoms with Crippen LogP contribution in [0.15, 0.2) is 24.3 Å². The van der Waals surface area contributed by atoms with Crippen LogP contribution in [0.4, 0.5) is 15.0 Å². The number of pyridine rings is 1. The lowest BCUT2D eigenvalue weighted by molar-refractivity contribution is 0.0390. The second-order valence-electron chi connectivity index (χ2n) is 8.87. The van der Waals surface area contributed by atoms with Crippen LogP contribution in [-0.4, -0.2) is 69.7 Å². The second-order valence-corrected chi connectivity index (χ2v) is 9.25. The third-order valence-electron chi connectivity index (χ3n) is 5.37. The van der Waals surface area contributed by atoms with Gasteiger partial charge in [-0.1, -0.05) is 23.7 Å². The van der Waals surface area contributed by atoms with E-state index in [0.29, 0.717) is 0 Å². The monoisotopic (exact) mass is 462 g/mol. The van der Waals surface area contributed by atoms with E-state index in [0.717, 1.165) is 0 Å². The van der Waals surface area contributed by atoms with Gasteiger partial charge in [-0.25, -0.2) is 14.2 Å². The summed E-state index contributed by atoms with van der Waals surface area (Å²) in [5, 5.41) is 12.6. The minimum atomic E-state index is -1.05. The van der Waals surface area contributed by atoms with Gasteiger partial charge in [-0.15, -0.1) is 0 Å². The van der Waals surface area contributed by atoms with Crippen molar-refractivity contribution < 1.29 is 23.8 Å². The van der Waals surface area contributed by atoms with E-state index in [1.54, 1.807) is 23.1 Å². The van der Waals surface area contributed by atoms with Crippen molar-refractivity contribution in [2.45, 2.75) is 32.4 Å². The molecule has 0 bridgehead atoms. The zero-order valence-corrected chi connectivity index (χ0v) is 18.7. The number of carbonyl (C=O) groups is 2. The molecule has 4 rings (SSSR count). The molecule has 0 radical (unpaired) electrons. The van der Waals surface area contributed by atoms with Gasteiger partial charge in [-0.05, 0) is 32.9 Å². The highest BCUT2D eigenvalue weighted by Gasteiger charge is 2.40. The van der Waals surface area contributed by atoms with E-state index in [4.69, 9.17) is 16.3 Å². The number of nitrogens with one attached hydrogen (secondary N) is 1. The van der Waals surface area contributed by atoms with Crippen LogP contribution >= 0.6 is 11.6 Å². The van der Waals surface area contributed by atoms with Crippen molar-refractivity contribution in [3.05, 3.63) is 40.7 Å². The molecule has 1 aromatic heterocycles. The van der Waals surface area contributed by atoms with Gasteiger partial charge in [-0.2, -0.15) is 0 Å². The SMILES string of the molecule is CC(C)(C)Nc1nc(-c2ccccc2F)c(Cl)c2c1C(=O)N1CCN(C(=O)O)CC1CO2. The highest BCUT2D eigenvalue weighted by atomic mass is 35.5. The highest BCUT2D eigenvalue weighted by Crippen LogP contribution is 2.43. The zero-order chi connectivity index (χ0) is 23.2. The number of nitrogens with zero attached hydrogens (tertiary/aromatic N) is 3. The Morgan fingerprint density at radius 2 is 2.03 bits per heavy atom. The molecule has 1 atom stereocenters. The Kier molecular flexibility index (Phi) is 5.62. The van der Waals surface area contributed by atoms with Crippen LogP contribution in [0.3, 0.4) is 0 Å². The first-order chi connectivity index (χ1) is 15.1. The molecular weight excluding hydrogens is 439 g/mol. The summed E-state index contributed by atoms with van der Waals surface area (Å²) in [5.41, 5.74) is 0.0495. The molecule has 8 nitrogen and oxygen atoms in total. The minimum Gasteiger partial charge on any atom is -0.489 e. The van der Waals surface area contributed by atoms with Gasteiger partial charge in [0.2, 0.25) is 0 Å². The number of carboxylic acid groups (broad SMARTS) is 1. The lowest BCUT2D eigenvalue weighted by atomic mass is 10.0. The summed E-state index contributed by atoms with van der Waals surface area (Å²) in [6, 6.07) is 5.63. The molecule has 2 N–H and O–H groups in total. The summed E-state index contributed by atoms with van der Waals surface area (Å²) >= 11 is 6.63. The number of benzene rings is 1. The summed E-state index contributed by atoms with van der Waals surface area (Å²) in [5.74, 6) is -0.499. The Bertz CT molecular complexity index is 1090. The molecule has 2 amide bonds. The molecule has 0 saturated carbocycles. The van der Waals surface area contributed by atoms with Gasteiger partial charge >= 0.3 is 6.09 Å². The Balaban J connectivity index is 1.86. The Labute approximate surface area is 189 Å². The molecule has 3 heterocycles. The number of carbonyl (C=O) groups excluding carboxylic acids is 1. The molecule has 2 aliphatic heterocycles. The number of hydrogen-bond donors (Lipinski definition) is 2. The number of rotatable bonds is 2. The van der Waals surface area contributed by atoms with E-state index in [2.05, 4.69) is 10.3 Å². The molecule has 1 unspecified atom stereocenters. The molecule has 0 aliphatic carbocycles. The Morgan fingerprint density at radius 1 is 1.31 bits per heavy atom. The van der Waals surface area contributed by atoms with Crippen LogP contribution in [0.5, 0.6) is 5.75 Å². The Hall–Kier alpha value is -3.07. The summed E-state index contributed by atoms with van der Waals surface area (Å²) in [4.78, 5) is 32.4. The maximum Gasteiger partial charge on any atom is 0.407 e. The fraction of sp³-hybridized carbons (Fsp3) is 0.409. The van der Waals surface area contributed by atoms with Crippen molar-refractivity contribution in [1.29, 1.82) is 0 Å². The molecule has 10 heteroatoms. The van der Waals surface area contributed by atoms with E-state index in [-0.39, 0.29) is 65.6 Å². The average Bonchev–Trinajstić information content (AvgIpc) is 2.86. The standard InChI is InChI=1S/C22H24ClFN4O4/c1-22(2,3)26-19-15-18(16(23)17(25-19)13-6-4-5-7-14(13)24)32-11-12-10-27(21(30)31)8-9-28(12)20(15)29/h4-7,12H,8-11H2,1-3H3,(H,25,26)(H,30,31). The number of anilines is 1. The molecule has 1 fully saturated rings. The van der Waals surface area contributed by atoms with Gasteiger partial charge in [0, 0.05) is 30.7 Å². The smallest absolute Gasteiger partial charge is 0.407 e. The summed E-state index contributed by atoms with van der Waals surface area (Å²) in [7, 11) is 0. The number of piperazine rings is 1. The van der Waals surface area contributed by atoms with Crippen molar-refractivity contribution in [3.63, 3.8) is 0 Å². The van der Waals surface area contributed by atoms with Gasteiger partial charge in [0.15, 0.2) is 5.75 Å². The topological polar surface area (TPSA) is 95.0 Å². The van der Waals surface area contributed by atoms with Gasteiger partial charge in [0.1, 0.15) is 28.8 Å². The van der Waals surface area contributed by atoms with E-state index in [9.17, 15) is 19.1 Å². The molecule has 2 aliphatic rings. The van der Waals surface area contributed by atoms with E-state index < -0.39 is 23.5 Å². The van der Waals surface area contributed by atoms with Gasteiger partial charge in [-0.3, -0.25) is 4.79 Å². The quantitative estimate of drug-likeness (QED) is 0.701. The predicted octanol–water partition coefficient (Wildman–Crippen LogP) is 3.95. The molecule has 0 spiro atoms. The number of fused-ring (bicyclic) bond motifs is 2. The summed E-state index contributed by atoms with van der Waals surface area (Å²) in [6.07, 6.45) is -1.05. The first-order valence-electron chi connectivity index (χ1n) is 10.2. The van der Waals surface area contributed by atoms with Crippen LogP contribution in [0.25, 0.3) is 11.3 Å². The number of halogens is 2. The maximum absolute atomic E-state index is 14.6. The molecular formula is C22H24ClFN4O4. The molecule has 2 aromatic rings. The number of ether oxygens (including phenoxy) is 1. The third-order valence-corrected chi connectivity index (χ3v) is 5.72. The van der Waals surface area contributed by atoms with Gasteiger partial charge in [0.25, 0.3) is 5.91 Å². The van der Waals surface area contributed by atoms with E-state index >= 15 is 0 Å². The Morgan fingerprint density at radius 3 is 2.69 bits per heavy atom. The van der Waals surface area contributed by atoms with E-state index in [1.165, 1.54) is 11.0 Å². The largest absolute Gasteiger partial charge is 0.489 e. The summed E-state index contributed by atoms with van der Waals surface area (Å²) < 4.78 is 20.6. The minimum absolute atomic E-state index is 0.0350. The third kappa shape index (κ3) is 4.04. The highest BCUT2D eigenvalue weighted by molar-refractivity contribution is 6.35. The first kappa shape index (κ1) is 22.1. The van der Waals surface area contributed by atoms with Crippen molar-refractivity contribution >= 4 is 29.4 Å². The molecule has 1 saturated heterocycles. The fourth-order valence-electron chi connectivity index (χ4n) is 3.92. The lowest BCUT2D eigenvalue weighted by Crippen LogP contribution is -2.57. The first-order valence-corrected chi connectivity index (χ1v) is 10.6. The molecule has 1 aromatic carbocycles. The maximum atomic E-state index is 14.6. The van der Waals surface area contributed by atoms with Crippen molar-refractivity contribution in [1.82, 2.24) is 14.8 Å². The normalized spacial score (nSPS) is 18.4. The van der Waals surface area contributed by atoms with Crippen LogP contribution in [0.1, 0.15) is 31.1 Å². The zero-order valence-electron chi connectivity index (χ0n) is 18.0. The van der Waals surface area contributed by atoms with Gasteiger partial charge in [0.05, 0.1) is 11.7 Å². The van der Waals surface area contributed by atoms with Crippen LogP contribution in [-0.2, 0) is 0 Å². The predicted molar refractivity (Wildman–Crippen MR) is 118 cm³/mol. The van der Waals surface area contributed by atoms with Crippen molar-refractivity contribution in [3.8, 4) is 17.0 Å².